The van der Waals surface area contributed by atoms with Gasteiger partial charge in [0.15, 0.2) is 5.78 Å². The second kappa shape index (κ2) is 4.49. The van der Waals surface area contributed by atoms with Gasteiger partial charge in [0.2, 0.25) is 0 Å². The van der Waals surface area contributed by atoms with Gasteiger partial charge in [0.25, 0.3) is 0 Å². The Hall–Kier alpha value is -1.35. The molecule has 1 aliphatic carbocycles. The van der Waals surface area contributed by atoms with Crippen molar-refractivity contribution in [3.05, 3.63) is 29.8 Å². The van der Waals surface area contributed by atoms with E-state index < -0.39 is 0 Å². The molecule has 0 unspecified atom stereocenters. The Morgan fingerprint density at radius 2 is 2.06 bits per heavy atom. The minimum atomic E-state index is -0.309. The summed E-state index contributed by atoms with van der Waals surface area (Å²) < 4.78 is 5.67. The molecule has 1 fully saturated rings. The van der Waals surface area contributed by atoms with Gasteiger partial charge in [-0.3, -0.25) is 4.79 Å². The fraction of sp³-hybridized carbons (Fsp3) is 0.500. The number of nitrogens with two attached hydrogens (primary N) is 1. The first-order valence-corrected chi connectivity index (χ1v) is 6.09. The Morgan fingerprint density at radius 1 is 1.41 bits per heavy atom. The molecule has 1 aromatic carbocycles. The molecule has 0 saturated heterocycles. The first kappa shape index (κ1) is 12.1. The summed E-state index contributed by atoms with van der Waals surface area (Å²) in [7, 11) is 0. The van der Waals surface area contributed by atoms with E-state index in [0.29, 0.717) is 17.9 Å². The van der Waals surface area contributed by atoms with Crippen molar-refractivity contribution in [2.24, 2.45) is 11.1 Å². The molecule has 1 aromatic rings. The highest BCUT2D eigenvalue weighted by molar-refractivity contribution is 6.04. The molecule has 2 rings (SSSR count). The highest BCUT2D eigenvalue weighted by atomic mass is 16.5. The van der Waals surface area contributed by atoms with Crippen LogP contribution in [0.25, 0.3) is 0 Å². The molecule has 3 nitrogen and oxygen atoms in total. The van der Waals surface area contributed by atoms with Gasteiger partial charge in [-0.2, -0.15) is 0 Å². The molecular weight excluding hydrogens is 214 g/mol. The molecule has 1 aliphatic rings. The number of rotatable bonds is 5. The summed E-state index contributed by atoms with van der Waals surface area (Å²) in [6.07, 6.45) is 1.87. The maximum atomic E-state index is 12.4. The summed E-state index contributed by atoms with van der Waals surface area (Å²) in [6, 6.07) is 7.43. The second-order valence-corrected chi connectivity index (χ2v) is 4.98. The fourth-order valence-electron chi connectivity index (χ4n) is 1.97. The maximum absolute atomic E-state index is 12.4. The van der Waals surface area contributed by atoms with Crippen LogP contribution in [0.5, 0.6) is 5.75 Å². The monoisotopic (exact) mass is 233 g/mol. The summed E-state index contributed by atoms with van der Waals surface area (Å²) in [6.45, 7) is 4.34. The molecule has 1 saturated carbocycles. The van der Waals surface area contributed by atoms with Crippen LogP contribution in [0.15, 0.2) is 24.3 Å². The number of carbonyl (C=O) groups excluding carboxylic acids is 1. The van der Waals surface area contributed by atoms with Crippen LogP contribution < -0.4 is 10.5 Å². The third kappa shape index (κ3) is 2.34. The van der Waals surface area contributed by atoms with Crippen molar-refractivity contribution >= 4 is 5.78 Å². The lowest BCUT2D eigenvalue weighted by molar-refractivity contribution is 0.0899. The van der Waals surface area contributed by atoms with Gasteiger partial charge < -0.3 is 10.5 Å². The van der Waals surface area contributed by atoms with Crippen molar-refractivity contribution in [1.82, 2.24) is 0 Å². The zero-order chi connectivity index (χ0) is 12.5. The summed E-state index contributed by atoms with van der Waals surface area (Å²) >= 11 is 0. The highest BCUT2D eigenvalue weighted by Gasteiger charge is 2.49. The van der Waals surface area contributed by atoms with Crippen LogP contribution in [0.2, 0.25) is 0 Å². The first-order valence-electron chi connectivity index (χ1n) is 6.09. The van der Waals surface area contributed by atoms with Gasteiger partial charge in [-0.15, -0.1) is 0 Å². The Morgan fingerprint density at radius 3 is 2.59 bits per heavy atom. The van der Waals surface area contributed by atoms with Crippen LogP contribution in [0.3, 0.4) is 0 Å². The van der Waals surface area contributed by atoms with E-state index >= 15 is 0 Å². The molecular formula is C14H19NO2. The fourth-order valence-corrected chi connectivity index (χ4v) is 1.97. The minimum Gasteiger partial charge on any atom is -0.490 e. The SMILES string of the molecule is CC(C)Oc1ccccc1C(=O)C1(CN)CC1. The van der Waals surface area contributed by atoms with Gasteiger partial charge in [-0.1, -0.05) is 12.1 Å². The van der Waals surface area contributed by atoms with E-state index in [9.17, 15) is 4.79 Å². The highest BCUT2D eigenvalue weighted by Crippen LogP contribution is 2.48. The first-order chi connectivity index (χ1) is 8.09. The van der Waals surface area contributed by atoms with E-state index in [1.165, 1.54) is 0 Å². The predicted octanol–water partition coefficient (Wildman–Crippen LogP) is 2.40. The van der Waals surface area contributed by atoms with E-state index in [0.717, 1.165) is 12.8 Å². The van der Waals surface area contributed by atoms with E-state index in [4.69, 9.17) is 10.5 Å². The van der Waals surface area contributed by atoms with Crippen LogP contribution >= 0.6 is 0 Å². The van der Waals surface area contributed by atoms with Crippen molar-refractivity contribution in [2.75, 3.05) is 6.54 Å². The normalized spacial score (nSPS) is 16.9. The van der Waals surface area contributed by atoms with Gasteiger partial charge in [-0.05, 0) is 38.8 Å². The predicted molar refractivity (Wildman–Crippen MR) is 67.3 cm³/mol. The van der Waals surface area contributed by atoms with E-state index in [1.807, 2.05) is 38.1 Å². The largest absolute Gasteiger partial charge is 0.490 e. The minimum absolute atomic E-state index is 0.0666. The summed E-state index contributed by atoms with van der Waals surface area (Å²) in [5.74, 6) is 0.809. The van der Waals surface area contributed by atoms with E-state index in [2.05, 4.69) is 0 Å². The molecule has 0 bridgehead atoms. The lowest BCUT2D eigenvalue weighted by Crippen LogP contribution is -2.26. The van der Waals surface area contributed by atoms with Gasteiger partial charge >= 0.3 is 0 Å². The molecule has 0 spiro atoms. The van der Waals surface area contributed by atoms with Crippen LogP contribution in [0.1, 0.15) is 37.0 Å². The Balaban J connectivity index is 2.29. The van der Waals surface area contributed by atoms with E-state index in [1.54, 1.807) is 0 Å². The number of hydrogen-bond acceptors (Lipinski definition) is 3. The average Bonchev–Trinajstić information content (AvgIpc) is 3.09. The second-order valence-electron chi connectivity index (χ2n) is 4.98. The number of ketones is 1. The van der Waals surface area contributed by atoms with Gasteiger partial charge in [0.1, 0.15) is 5.75 Å². The molecule has 0 radical (unpaired) electrons. The van der Waals surface area contributed by atoms with Gasteiger partial charge in [-0.25, -0.2) is 0 Å². The number of Topliss-reactive ketones (excluding diaryl/α,β-unsaturated/α-hetero) is 1. The molecule has 92 valence electrons. The summed E-state index contributed by atoms with van der Waals surface area (Å²) in [5.41, 5.74) is 6.06. The van der Waals surface area contributed by atoms with Crippen molar-refractivity contribution in [2.45, 2.75) is 32.8 Å². The number of carbonyl (C=O) groups is 1. The van der Waals surface area contributed by atoms with Crippen LogP contribution in [0, 0.1) is 5.41 Å². The quantitative estimate of drug-likeness (QED) is 0.794. The van der Waals surface area contributed by atoms with Gasteiger partial charge in [0, 0.05) is 12.0 Å². The smallest absolute Gasteiger partial charge is 0.173 e. The summed E-state index contributed by atoms with van der Waals surface area (Å²) in [5, 5.41) is 0. The lowest BCUT2D eigenvalue weighted by Gasteiger charge is -2.16. The third-order valence-electron chi connectivity index (χ3n) is 3.22. The van der Waals surface area contributed by atoms with Crippen molar-refractivity contribution in [3.8, 4) is 5.75 Å². The van der Waals surface area contributed by atoms with Crippen LogP contribution in [-0.2, 0) is 0 Å². The Labute approximate surface area is 102 Å². The molecule has 0 atom stereocenters. The number of para-hydroxylation sites is 1. The molecule has 0 heterocycles. The summed E-state index contributed by atoms with van der Waals surface area (Å²) in [4.78, 5) is 12.4. The molecule has 3 heteroatoms. The van der Waals surface area contributed by atoms with Crippen molar-refractivity contribution in [1.29, 1.82) is 0 Å². The van der Waals surface area contributed by atoms with E-state index in [-0.39, 0.29) is 17.3 Å². The third-order valence-corrected chi connectivity index (χ3v) is 3.22. The molecule has 0 aliphatic heterocycles. The molecule has 17 heavy (non-hydrogen) atoms. The number of hydrogen-bond donors (Lipinski definition) is 1. The average molecular weight is 233 g/mol. The van der Waals surface area contributed by atoms with Crippen molar-refractivity contribution in [3.63, 3.8) is 0 Å². The lowest BCUT2D eigenvalue weighted by atomic mass is 9.94. The molecule has 2 N–H and O–H groups in total. The topological polar surface area (TPSA) is 52.3 Å². The number of ether oxygens (including phenoxy) is 1. The van der Waals surface area contributed by atoms with Crippen LogP contribution in [-0.4, -0.2) is 18.4 Å². The Kier molecular flexibility index (Phi) is 3.20. The molecule has 0 amide bonds. The standard InChI is InChI=1S/C14H19NO2/c1-10(2)17-12-6-4-3-5-11(12)13(16)14(9-15)7-8-14/h3-6,10H,7-9,15H2,1-2H3. The zero-order valence-electron chi connectivity index (χ0n) is 10.4. The number of benzene rings is 1. The van der Waals surface area contributed by atoms with Crippen molar-refractivity contribution < 1.29 is 9.53 Å². The molecule has 0 aromatic heterocycles. The van der Waals surface area contributed by atoms with Gasteiger partial charge in [0.05, 0.1) is 11.7 Å². The Bertz CT molecular complexity index is 422. The zero-order valence-corrected chi connectivity index (χ0v) is 10.4. The maximum Gasteiger partial charge on any atom is 0.173 e. The van der Waals surface area contributed by atoms with Crippen LogP contribution in [0.4, 0.5) is 0 Å².